The van der Waals surface area contributed by atoms with Gasteiger partial charge < -0.3 is 9.47 Å². The molecule has 2 amide bonds. The predicted octanol–water partition coefficient (Wildman–Crippen LogP) is 3.74. The quantitative estimate of drug-likeness (QED) is 0.324. The van der Waals surface area contributed by atoms with Crippen molar-refractivity contribution in [2.75, 3.05) is 13.3 Å². The van der Waals surface area contributed by atoms with Gasteiger partial charge in [0.1, 0.15) is 12.6 Å². The molecular formula is C21H18N4O5. The van der Waals surface area contributed by atoms with Crippen LogP contribution in [0.3, 0.4) is 0 Å². The lowest BCUT2D eigenvalue weighted by Crippen LogP contribution is -2.39. The van der Waals surface area contributed by atoms with E-state index in [4.69, 9.17) is 15.0 Å². The summed E-state index contributed by atoms with van der Waals surface area (Å²) in [6.07, 6.45) is -0.860. The number of hydrogen-bond donors (Lipinski definition) is 0. The molecule has 1 fully saturated rings. The van der Waals surface area contributed by atoms with Gasteiger partial charge in [-0.25, -0.2) is 9.59 Å². The monoisotopic (exact) mass is 406 g/mol. The zero-order valence-corrected chi connectivity index (χ0v) is 15.9. The highest BCUT2D eigenvalue weighted by Gasteiger charge is 2.39. The van der Waals surface area contributed by atoms with Crippen molar-refractivity contribution in [2.45, 2.75) is 24.8 Å². The van der Waals surface area contributed by atoms with Gasteiger partial charge in [-0.3, -0.25) is 9.69 Å². The zero-order chi connectivity index (χ0) is 21.1. The Morgan fingerprint density at radius 2 is 1.77 bits per heavy atom. The maximum Gasteiger partial charge on any atom is 0.413 e. The number of cyclic esters (lactones) is 1. The average Bonchev–Trinajstić information content (AvgIpc) is 3.28. The molecule has 0 N–H and O–H groups in total. The van der Waals surface area contributed by atoms with Crippen molar-refractivity contribution in [2.24, 2.45) is 5.11 Å². The third-order valence-corrected chi connectivity index (χ3v) is 5.35. The minimum atomic E-state index is -0.946. The van der Waals surface area contributed by atoms with E-state index in [1.165, 1.54) is 0 Å². The lowest BCUT2D eigenvalue weighted by molar-refractivity contribution is -0.139. The summed E-state index contributed by atoms with van der Waals surface area (Å²) in [5.41, 5.74) is 12.7. The van der Waals surface area contributed by atoms with E-state index in [9.17, 15) is 14.4 Å². The Balaban J connectivity index is 1.45. The SMILES string of the molecule is [N-]=[N+]=NC(=O)CC[C@H]1C(=O)OCN1C(=O)OCC1c2ccccc2-c2ccccc21. The summed E-state index contributed by atoms with van der Waals surface area (Å²) in [6, 6.07) is 15.0. The van der Waals surface area contributed by atoms with Gasteiger partial charge in [-0.15, -0.1) is 0 Å². The Labute approximate surface area is 171 Å². The fourth-order valence-electron chi connectivity index (χ4n) is 3.94. The van der Waals surface area contributed by atoms with E-state index in [1.54, 1.807) is 0 Å². The fourth-order valence-corrected chi connectivity index (χ4v) is 3.94. The highest BCUT2D eigenvalue weighted by molar-refractivity contribution is 5.85. The molecule has 152 valence electrons. The van der Waals surface area contributed by atoms with Crippen LogP contribution in [0.5, 0.6) is 0 Å². The van der Waals surface area contributed by atoms with E-state index in [-0.39, 0.29) is 32.1 Å². The van der Waals surface area contributed by atoms with Crippen molar-refractivity contribution in [1.82, 2.24) is 4.90 Å². The molecule has 0 saturated carbocycles. The minimum Gasteiger partial charge on any atom is -0.448 e. The number of fused-ring (bicyclic) bond motifs is 3. The number of esters is 1. The Bertz CT molecular complexity index is 1020. The Morgan fingerprint density at radius 3 is 2.40 bits per heavy atom. The zero-order valence-electron chi connectivity index (χ0n) is 15.9. The van der Waals surface area contributed by atoms with Crippen LogP contribution in [0.2, 0.25) is 0 Å². The molecule has 1 saturated heterocycles. The number of carbonyl (C=O) groups excluding carboxylic acids is 3. The van der Waals surface area contributed by atoms with Gasteiger partial charge in [-0.1, -0.05) is 48.5 Å². The number of azide groups is 1. The molecule has 30 heavy (non-hydrogen) atoms. The Kier molecular flexibility index (Phi) is 5.36. The largest absolute Gasteiger partial charge is 0.448 e. The first-order chi connectivity index (χ1) is 14.6. The van der Waals surface area contributed by atoms with Gasteiger partial charge in [0.15, 0.2) is 6.73 Å². The van der Waals surface area contributed by atoms with E-state index in [0.717, 1.165) is 27.2 Å². The van der Waals surface area contributed by atoms with E-state index in [1.807, 2.05) is 48.5 Å². The molecule has 0 bridgehead atoms. The molecule has 0 unspecified atom stereocenters. The summed E-state index contributed by atoms with van der Waals surface area (Å²) < 4.78 is 10.5. The normalized spacial score (nSPS) is 17.0. The maximum absolute atomic E-state index is 12.7. The highest BCUT2D eigenvalue weighted by Crippen LogP contribution is 2.44. The first kappa shape index (κ1) is 19.5. The average molecular weight is 406 g/mol. The van der Waals surface area contributed by atoms with E-state index in [0.29, 0.717) is 0 Å². The van der Waals surface area contributed by atoms with Crippen molar-refractivity contribution in [1.29, 1.82) is 0 Å². The summed E-state index contributed by atoms with van der Waals surface area (Å²) in [7, 11) is 0. The number of nitrogens with zero attached hydrogens (tertiary/aromatic N) is 4. The Morgan fingerprint density at radius 1 is 1.13 bits per heavy atom. The summed E-state index contributed by atoms with van der Waals surface area (Å²) in [5.74, 6) is -1.42. The maximum atomic E-state index is 12.7. The molecule has 9 nitrogen and oxygen atoms in total. The van der Waals surface area contributed by atoms with Gasteiger partial charge in [0.2, 0.25) is 5.91 Å². The Hall–Kier alpha value is -3.84. The predicted molar refractivity (Wildman–Crippen MR) is 105 cm³/mol. The second-order valence-electron chi connectivity index (χ2n) is 7.00. The van der Waals surface area contributed by atoms with Crippen LogP contribution >= 0.6 is 0 Å². The third kappa shape index (κ3) is 3.58. The number of ether oxygens (including phenoxy) is 2. The third-order valence-electron chi connectivity index (χ3n) is 5.35. The van der Waals surface area contributed by atoms with Crippen molar-refractivity contribution in [3.05, 3.63) is 70.1 Å². The standard InChI is InChI=1S/C21H18N4O5/c22-24-23-19(26)10-9-18-20(27)30-12-25(18)21(28)29-11-17-15-7-3-1-5-13(15)14-6-2-4-8-16(14)17/h1-8,17-18H,9-12H2/t18-/m0/s1. The van der Waals surface area contributed by atoms with Gasteiger partial charge >= 0.3 is 12.1 Å². The molecule has 1 atom stereocenters. The summed E-state index contributed by atoms with van der Waals surface area (Å²) in [5, 5.41) is 2.97. The number of carbonyl (C=O) groups is 3. The molecule has 1 aliphatic carbocycles. The van der Waals surface area contributed by atoms with Gasteiger partial charge in [0.25, 0.3) is 0 Å². The number of benzene rings is 2. The molecule has 4 rings (SSSR count). The van der Waals surface area contributed by atoms with E-state index < -0.39 is 24.0 Å². The van der Waals surface area contributed by atoms with E-state index >= 15 is 0 Å². The van der Waals surface area contributed by atoms with Gasteiger partial charge in [-0.05, 0) is 39.3 Å². The molecular weight excluding hydrogens is 388 g/mol. The van der Waals surface area contributed by atoms with Crippen LogP contribution in [0, 0.1) is 0 Å². The molecule has 1 heterocycles. The van der Waals surface area contributed by atoms with Crippen LogP contribution in [0.4, 0.5) is 4.79 Å². The van der Waals surface area contributed by atoms with Gasteiger partial charge in [0, 0.05) is 17.3 Å². The number of hydrogen-bond acceptors (Lipinski definition) is 5. The molecule has 2 aliphatic rings. The molecule has 9 heteroatoms. The summed E-state index contributed by atoms with van der Waals surface area (Å²) in [4.78, 5) is 39.6. The van der Waals surface area contributed by atoms with Crippen molar-refractivity contribution in [3.8, 4) is 11.1 Å². The topological polar surface area (TPSA) is 122 Å². The summed E-state index contributed by atoms with van der Waals surface area (Å²) >= 11 is 0. The smallest absolute Gasteiger partial charge is 0.413 e. The minimum absolute atomic E-state index is 0.000875. The first-order valence-corrected chi connectivity index (χ1v) is 9.46. The van der Waals surface area contributed by atoms with Crippen molar-refractivity contribution in [3.63, 3.8) is 0 Å². The van der Waals surface area contributed by atoms with Crippen LogP contribution in [-0.4, -0.2) is 42.2 Å². The fraction of sp³-hybridized carbons (Fsp3) is 0.286. The van der Waals surface area contributed by atoms with E-state index in [2.05, 4.69) is 10.0 Å². The van der Waals surface area contributed by atoms with Crippen LogP contribution in [0.1, 0.15) is 29.9 Å². The lowest BCUT2D eigenvalue weighted by Gasteiger charge is -2.21. The number of rotatable bonds is 5. The molecule has 0 spiro atoms. The molecule has 0 aromatic heterocycles. The second kappa shape index (κ2) is 8.26. The van der Waals surface area contributed by atoms with Gasteiger partial charge in [-0.2, -0.15) is 0 Å². The van der Waals surface area contributed by atoms with Crippen molar-refractivity contribution >= 4 is 18.0 Å². The molecule has 2 aromatic carbocycles. The second-order valence-corrected chi connectivity index (χ2v) is 7.00. The highest BCUT2D eigenvalue weighted by atomic mass is 16.6. The summed E-state index contributed by atoms with van der Waals surface area (Å²) in [6.45, 7) is -0.127. The lowest BCUT2D eigenvalue weighted by atomic mass is 9.98. The van der Waals surface area contributed by atoms with Crippen molar-refractivity contribution < 1.29 is 23.9 Å². The molecule has 1 aliphatic heterocycles. The van der Waals surface area contributed by atoms with Gasteiger partial charge in [0.05, 0.1) is 0 Å². The van der Waals surface area contributed by atoms with Crippen LogP contribution in [0.15, 0.2) is 53.6 Å². The van der Waals surface area contributed by atoms with Crippen LogP contribution in [-0.2, 0) is 19.1 Å². The van der Waals surface area contributed by atoms with Crippen LogP contribution in [0.25, 0.3) is 21.6 Å². The van der Waals surface area contributed by atoms with Crippen LogP contribution < -0.4 is 0 Å². The number of amides is 2. The molecule has 0 radical (unpaired) electrons. The molecule has 2 aromatic rings. The first-order valence-electron chi connectivity index (χ1n) is 9.46.